The van der Waals surface area contributed by atoms with Gasteiger partial charge in [-0.25, -0.2) is 13.2 Å². The summed E-state index contributed by atoms with van der Waals surface area (Å²) in [5.74, 6) is -0.799. The van der Waals surface area contributed by atoms with E-state index in [1.54, 1.807) is 6.07 Å². The van der Waals surface area contributed by atoms with E-state index in [9.17, 15) is 18.3 Å². The van der Waals surface area contributed by atoms with Crippen molar-refractivity contribution in [3.05, 3.63) is 29.3 Å². The van der Waals surface area contributed by atoms with Crippen LogP contribution in [0.2, 0.25) is 0 Å². The summed E-state index contributed by atoms with van der Waals surface area (Å²) in [5, 5.41) is 9.22. The van der Waals surface area contributed by atoms with Crippen molar-refractivity contribution in [2.24, 2.45) is 0 Å². The Morgan fingerprint density at radius 2 is 1.89 bits per heavy atom. The van der Waals surface area contributed by atoms with Gasteiger partial charge in [0, 0.05) is 6.26 Å². The molecular formula is C13H16O4S. The second-order valence-electron chi connectivity index (χ2n) is 4.81. The molecule has 0 radical (unpaired) electrons. The number of carbonyl (C=O) groups is 1. The number of rotatable bonds is 3. The zero-order valence-corrected chi connectivity index (χ0v) is 11.0. The predicted molar refractivity (Wildman–Crippen MR) is 67.7 cm³/mol. The molecule has 2 rings (SSSR count). The number of benzene rings is 1. The van der Waals surface area contributed by atoms with Crippen molar-refractivity contribution in [1.29, 1.82) is 0 Å². The van der Waals surface area contributed by atoms with Gasteiger partial charge < -0.3 is 5.11 Å². The van der Waals surface area contributed by atoms with Crippen LogP contribution in [0.1, 0.15) is 47.5 Å². The molecule has 0 amide bonds. The normalized spacial score (nSPS) is 16.9. The smallest absolute Gasteiger partial charge is 0.336 e. The van der Waals surface area contributed by atoms with Crippen LogP contribution < -0.4 is 0 Å². The number of hydrogen-bond acceptors (Lipinski definition) is 3. The Morgan fingerprint density at radius 3 is 2.39 bits per heavy atom. The molecule has 1 saturated carbocycles. The van der Waals surface area contributed by atoms with Gasteiger partial charge >= 0.3 is 5.97 Å². The first kappa shape index (κ1) is 13.1. The van der Waals surface area contributed by atoms with Crippen LogP contribution in [-0.2, 0) is 9.84 Å². The number of carboxylic acid groups (broad SMARTS) is 1. The van der Waals surface area contributed by atoms with Gasteiger partial charge in [0.15, 0.2) is 9.84 Å². The third kappa shape index (κ3) is 2.56. The van der Waals surface area contributed by atoms with Gasteiger partial charge in [0.2, 0.25) is 0 Å². The molecule has 1 aromatic rings. The molecule has 1 fully saturated rings. The highest BCUT2D eigenvalue weighted by molar-refractivity contribution is 7.90. The molecule has 18 heavy (non-hydrogen) atoms. The van der Waals surface area contributed by atoms with Gasteiger partial charge in [0.25, 0.3) is 0 Å². The first-order valence-electron chi connectivity index (χ1n) is 5.97. The standard InChI is InChI=1S/C13H16O4S/c1-18(16,17)10-6-7-11(9-4-2-3-5-9)12(8-10)13(14)15/h6-9H,2-5H2,1H3,(H,14,15). The van der Waals surface area contributed by atoms with E-state index in [4.69, 9.17) is 0 Å². The highest BCUT2D eigenvalue weighted by atomic mass is 32.2. The quantitative estimate of drug-likeness (QED) is 0.914. The van der Waals surface area contributed by atoms with Crippen molar-refractivity contribution in [3.63, 3.8) is 0 Å². The summed E-state index contributed by atoms with van der Waals surface area (Å²) in [6.45, 7) is 0. The van der Waals surface area contributed by atoms with E-state index in [1.165, 1.54) is 12.1 Å². The Hall–Kier alpha value is -1.36. The summed E-state index contributed by atoms with van der Waals surface area (Å²) in [5.41, 5.74) is 0.900. The van der Waals surface area contributed by atoms with Crippen molar-refractivity contribution in [1.82, 2.24) is 0 Å². The van der Waals surface area contributed by atoms with Crippen LogP contribution in [0.25, 0.3) is 0 Å². The number of aromatic carboxylic acids is 1. The lowest BCUT2D eigenvalue weighted by Crippen LogP contribution is -2.08. The summed E-state index contributed by atoms with van der Waals surface area (Å²) in [6, 6.07) is 4.45. The van der Waals surface area contributed by atoms with Crippen LogP contribution in [0.15, 0.2) is 23.1 Å². The molecule has 1 aliphatic rings. The molecule has 1 N–H and O–H groups in total. The van der Waals surface area contributed by atoms with Crippen molar-refractivity contribution < 1.29 is 18.3 Å². The second-order valence-corrected chi connectivity index (χ2v) is 6.82. The van der Waals surface area contributed by atoms with E-state index < -0.39 is 15.8 Å². The van der Waals surface area contributed by atoms with E-state index in [0.717, 1.165) is 37.5 Å². The minimum Gasteiger partial charge on any atom is -0.478 e. The second kappa shape index (κ2) is 4.72. The molecule has 0 aromatic heterocycles. The molecule has 0 saturated heterocycles. The fraction of sp³-hybridized carbons (Fsp3) is 0.462. The average Bonchev–Trinajstić information content (AvgIpc) is 2.80. The maximum Gasteiger partial charge on any atom is 0.336 e. The molecule has 4 nitrogen and oxygen atoms in total. The Morgan fingerprint density at radius 1 is 1.28 bits per heavy atom. The van der Waals surface area contributed by atoms with E-state index >= 15 is 0 Å². The van der Waals surface area contributed by atoms with Gasteiger partial charge in [0.1, 0.15) is 0 Å². The van der Waals surface area contributed by atoms with Crippen LogP contribution >= 0.6 is 0 Å². The molecular weight excluding hydrogens is 252 g/mol. The Balaban J connectivity index is 2.51. The fourth-order valence-electron chi connectivity index (χ4n) is 2.54. The van der Waals surface area contributed by atoms with E-state index in [0.29, 0.717) is 0 Å². The number of carboxylic acids is 1. The molecule has 1 aromatic carbocycles. The van der Waals surface area contributed by atoms with E-state index in [1.807, 2.05) is 0 Å². The molecule has 1 aliphatic carbocycles. The summed E-state index contributed by atoms with van der Waals surface area (Å²) in [6.07, 6.45) is 5.27. The van der Waals surface area contributed by atoms with Crippen LogP contribution in [0.3, 0.4) is 0 Å². The molecule has 0 unspecified atom stereocenters. The molecule has 0 atom stereocenters. The number of hydrogen-bond donors (Lipinski definition) is 1. The zero-order valence-electron chi connectivity index (χ0n) is 10.2. The van der Waals surface area contributed by atoms with Gasteiger partial charge in [-0.05, 0) is 36.5 Å². The molecule has 5 heteroatoms. The predicted octanol–water partition coefficient (Wildman–Crippen LogP) is 2.45. The lowest BCUT2D eigenvalue weighted by atomic mass is 9.93. The topological polar surface area (TPSA) is 71.4 Å². The highest BCUT2D eigenvalue weighted by Gasteiger charge is 2.23. The van der Waals surface area contributed by atoms with Crippen LogP contribution in [0, 0.1) is 0 Å². The first-order valence-corrected chi connectivity index (χ1v) is 7.86. The zero-order chi connectivity index (χ0) is 13.3. The van der Waals surface area contributed by atoms with Gasteiger partial charge in [0.05, 0.1) is 10.5 Å². The summed E-state index contributed by atoms with van der Waals surface area (Å²) in [7, 11) is -3.36. The average molecular weight is 268 g/mol. The minimum atomic E-state index is -3.36. The third-order valence-corrected chi connectivity index (χ3v) is 4.59. The van der Waals surface area contributed by atoms with Crippen molar-refractivity contribution in [2.45, 2.75) is 36.5 Å². The molecule has 0 heterocycles. The van der Waals surface area contributed by atoms with Crippen molar-refractivity contribution in [3.8, 4) is 0 Å². The van der Waals surface area contributed by atoms with Gasteiger partial charge in [-0.3, -0.25) is 0 Å². The van der Waals surface area contributed by atoms with Crippen molar-refractivity contribution in [2.75, 3.05) is 6.26 Å². The lowest BCUT2D eigenvalue weighted by molar-refractivity contribution is 0.0695. The fourth-order valence-corrected chi connectivity index (χ4v) is 3.19. The monoisotopic (exact) mass is 268 g/mol. The van der Waals surface area contributed by atoms with Crippen LogP contribution in [0.4, 0.5) is 0 Å². The Bertz CT molecular complexity index is 569. The van der Waals surface area contributed by atoms with Crippen LogP contribution in [-0.4, -0.2) is 25.7 Å². The molecule has 0 aliphatic heterocycles. The maximum atomic E-state index is 11.4. The number of sulfone groups is 1. The lowest BCUT2D eigenvalue weighted by Gasteiger charge is -2.13. The van der Waals surface area contributed by atoms with E-state index in [-0.39, 0.29) is 16.4 Å². The summed E-state index contributed by atoms with van der Waals surface area (Å²) < 4.78 is 22.9. The Labute approximate surface area is 107 Å². The molecule has 0 bridgehead atoms. The maximum absolute atomic E-state index is 11.4. The van der Waals surface area contributed by atoms with Gasteiger partial charge in [-0.2, -0.15) is 0 Å². The molecule has 98 valence electrons. The van der Waals surface area contributed by atoms with Crippen molar-refractivity contribution >= 4 is 15.8 Å². The first-order chi connectivity index (χ1) is 8.39. The summed E-state index contributed by atoms with van der Waals surface area (Å²) >= 11 is 0. The Kier molecular flexibility index (Phi) is 3.43. The van der Waals surface area contributed by atoms with E-state index in [2.05, 4.69) is 0 Å². The SMILES string of the molecule is CS(=O)(=O)c1ccc(C2CCCC2)c(C(=O)O)c1. The van der Waals surface area contributed by atoms with Crippen LogP contribution in [0.5, 0.6) is 0 Å². The minimum absolute atomic E-state index is 0.0710. The molecule has 0 spiro atoms. The highest BCUT2D eigenvalue weighted by Crippen LogP contribution is 2.36. The van der Waals surface area contributed by atoms with Gasteiger partial charge in [-0.15, -0.1) is 0 Å². The van der Waals surface area contributed by atoms with Gasteiger partial charge in [-0.1, -0.05) is 18.9 Å². The largest absolute Gasteiger partial charge is 0.478 e. The third-order valence-electron chi connectivity index (χ3n) is 3.48. The summed E-state index contributed by atoms with van der Waals surface area (Å²) in [4.78, 5) is 11.3.